The number of fused-ring (bicyclic) bond motifs is 4. The smallest absolute Gasteiger partial charge is 0.211 e. The Morgan fingerprint density at radius 3 is 2.65 bits per heavy atom. The summed E-state index contributed by atoms with van der Waals surface area (Å²) < 4.78 is 0. The lowest BCUT2D eigenvalue weighted by molar-refractivity contribution is 0.103. The van der Waals surface area contributed by atoms with Gasteiger partial charge in [-0.1, -0.05) is 36.4 Å². The van der Waals surface area contributed by atoms with Crippen molar-refractivity contribution in [2.75, 3.05) is 0 Å². The average Bonchev–Trinajstić information content (AvgIpc) is 2.47. The van der Waals surface area contributed by atoms with E-state index in [-0.39, 0.29) is 11.7 Å². The zero-order valence-corrected chi connectivity index (χ0v) is 10.6. The highest BCUT2D eigenvalue weighted by Crippen LogP contribution is 2.32. The lowest BCUT2D eigenvalue weighted by Crippen LogP contribution is -2.15. The highest BCUT2D eigenvalue weighted by atomic mass is 16.3. The summed E-state index contributed by atoms with van der Waals surface area (Å²) in [6, 6.07) is 14.9. The summed E-state index contributed by atoms with van der Waals surface area (Å²) in [6.07, 6.45) is 0.727. The Morgan fingerprint density at radius 2 is 1.75 bits per heavy atom. The van der Waals surface area contributed by atoms with Crippen LogP contribution in [0.4, 0.5) is 0 Å². The summed E-state index contributed by atoms with van der Waals surface area (Å²) in [5.41, 5.74) is 3.96. The third-order valence-electron chi connectivity index (χ3n) is 3.80. The molecule has 20 heavy (non-hydrogen) atoms. The van der Waals surface area contributed by atoms with Crippen LogP contribution in [0.3, 0.4) is 0 Å². The molecule has 3 heteroatoms. The van der Waals surface area contributed by atoms with Gasteiger partial charge in [0, 0.05) is 17.0 Å². The average molecular weight is 261 g/mol. The molecule has 1 aliphatic carbocycles. The van der Waals surface area contributed by atoms with Crippen LogP contribution in [0.1, 0.15) is 27.0 Å². The van der Waals surface area contributed by atoms with E-state index in [1.54, 1.807) is 6.07 Å². The molecule has 1 aliphatic rings. The van der Waals surface area contributed by atoms with E-state index in [1.807, 2.05) is 36.4 Å². The van der Waals surface area contributed by atoms with E-state index in [1.165, 1.54) is 6.07 Å². The van der Waals surface area contributed by atoms with Gasteiger partial charge < -0.3 is 5.11 Å². The van der Waals surface area contributed by atoms with E-state index in [0.717, 1.165) is 28.5 Å². The number of hydrogen-bond acceptors (Lipinski definition) is 3. The molecular weight excluding hydrogens is 250 g/mol. The van der Waals surface area contributed by atoms with Crippen LogP contribution in [-0.4, -0.2) is 15.9 Å². The van der Waals surface area contributed by atoms with Crippen LogP contribution < -0.4 is 0 Å². The van der Waals surface area contributed by atoms with Gasteiger partial charge in [0.15, 0.2) is 5.78 Å². The van der Waals surface area contributed by atoms with E-state index in [0.29, 0.717) is 11.1 Å². The first kappa shape index (κ1) is 11.2. The molecule has 2 aromatic carbocycles. The largest absolute Gasteiger partial charge is 0.493 e. The summed E-state index contributed by atoms with van der Waals surface area (Å²) in [6.45, 7) is 0. The summed E-state index contributed by atoms with van der Waals surface area (Å²) in [4.78, 5) is 16.9. The number of hydrogen-bond donors (Lipinski definition) is 1. The monoisotopic (exact) mass is 261 g/mol. The van der Waals surface area contributed by atoms with E-state index in [9.17, 15) is 9.90 Å². The van der Waals surface area contributed by atoms with Crippen LogP contribution in [0.15, 0.2) is 48.5 Å². The second-order valence-electron chi connectivity index (χ2n) is 5.00. The molecule has 0 atom stereocenters. The van der Waals surface area contributed by atoms with Gasteiger partial charge in [-0.25, -0.2) is 4.98 Å². The maximum Gasteiger partial charge on any atom is 0.211 e. The van der Waals surface area contributed by atoms with Gasteiger partial charge in [-0.05, 0) is 23.6 Å². The van der Waals surface area contributed by atoms with Crippen molar-refractivity contribution < 1.29 is 9.90 Å². The number of aromatic nitrogens is 1. The number of aromatic hydroxyl groups is 1. The second kappa shape index (κ2) is 3.90. The Morgan fingerprint density at radius 1 is 0.950 bits per heavy atom. The van der Waals surface area contributed by atoms with Crippen LogP contribution in [0.5, 0.6) is 5.88 Å². The van der Waals surface area contributed by atoms with Crippen molar-refractivity contribution in [3.63, 3.8) is 0 Å². The third-order valence-corrected chi connectivity index (χ3v) is 3.80. The third kappa shape index (κ3) is 1.46. The number of rotatable bonds is 0. The van der Waals surface area contributed by atoms with Crippen molar-refractivity contribution in [3.05, 3.63) is 70.8 Å². The molecule has 0 saturated heterocycles. The number of benzene rings is 2. The summed E-state index contributed by atoms with van der Waals surface area (Å²) >= 11 is 0. The van der Waals surface area contributed by atoms with Crippen molar-refractivity contribution in [2.24, 2.45) is 0 Å². The molecule has 96 valence electrons. The van der Waals surface area contributed by atoms with Gasteiger partial charge >= 0.3 is 0 Å². The Bertz CT molecular complexity index is 868. The molecule has 4 rings (SSSR count). The predicted molar refractivity (Wildman–Crippen MR) is 76.1 cm³/mol. The van der Waals surface area contributed by atoms with Crippen LogP contribution in [0.2, 0.25) is 0 Å². The fourth-order valence-corrected chi connectivity index (χ4v) is 2.86. The topological polar surface area (TPSA) is 50.2 Å². The number of carbonyl (C=O) groups excluding carboxylic acids is 1. The van der Waals surface area contributed by atoms with Gasteiger partial charge in [-0.2, -0.15) is 0 Å². The van der Waals surface area contributed by atoms with E-state index in [4.69, 9.17) is 0 Å². The minimum atomic E-state index is -0.0578. The van der Waals surface area contributed by atoms with Gasteiger partial charge in [-0.3, -0.25) is 4.79 Å². The Balaban J connectivity index is 2.06. The SMILES string of the molecule is O=C1c2ccccc2Cc2ccc3ccc(O)nc3c21. The van der Waals surface area contributed by atoms with Crippen LogP contribution >= 0.6 is 0 Å². The van der Waals surface area contributed by atoms with Crippen molar-refractivity contribution >= 4 is 16.7 Å². The quantitative estimate of drug-likeness (QED) is 0.529. The lowest BCUT2D eigenvalue weighted by Gasteiger charge is -2.19. The first-order valence-corrected chi connectivity index (χ1v) is 6.48. The highest BCUT2D eigenvalue weighted by molar-refractivity contribution is 6.18. The number of carbonyl (C=O) groups is 1. The molecule has 0 amide bonds. The standard InChI is InChI=1S/C17H11NO2/c19-14-8-7-10-5-6-12-9-11-3-1-2-4-13(11)17(20)15(12)16(10)18-14/h1-8H,9H2,(H,18,19). The molecule has 0 unspecified atom stereocenters. The molecular formula is C17H11NO2. The van der Waals surface area contributed by atoms with Crippen LogP contribution in [0.25, 0.3) is 10.9 Å². The predicted octanol–water partition coefficient (Wildman–Crippen LogP) is 3.08. The van der Waals surface area contributed by atoms with Crippen LogP contribution in [-0.2, 0) is 6.42 Å². The molecule has 3 nitrogen and oxygen atoms in total. The maximum atomic E-state index is 12.7. The second-order valence-corrected chi connectivity index (χ2v) is 5.00. The molecule has 0 aliphatic heterocycles. The number of pyridine rings is 1. The summed E-state index contributed by atoms with van der Waals surface area (Å²) in [5, 5.41) is 10.5. The van der Waals surface area contributed by atoms with Gasteiger partial charge in [0.25, 0.3) is 0 Å². The molecule has 3 aromatic rings. The molecule has 1 N–H and O–H groups in total. The normalized spacial score (nSPS) is 13.1. The van der Waals surface area contributed by atoms with Crippen molar-refractivity contribution in [1.29, 1.82) is 0 Å². The molecule has 1 aromatic heterocycles. The maximum absolute atomic E-state index is 12.7. The summed E-state index contributed by atoms with van der Waals surface area (Å²) in [7, 11) is 0. The van der Waals surface area contributed by atoms with E-state index in [2.05, 4.69) is 4.98 Å². The highest BCUT2D eigenvalue weighted by Gasteiger charge is 2.25. The van der Waals surface area contributed by atoms with E-state index < -0.39 is 0 Å². The number of ketones is 1. The van der Waals surface area contributed by atoms with Crippen molar-refractivity contribution in [2.45, 2.75) is 6.42 Å². The fourth-order valence-electron chi connectivity index (χ4n) is 2.86. The molecule has 0 saturated carbocycles. The van der Waals surface area contributed by atoms with Crippen molar-refractivity contribution in [3.8, 4) is 5.88 Å². The zero-order chi connectivity index (χ0) is 13.7. The minimum Gasteiger partial charge on any atom is -0.493 e. The molecule has 0 radical (unpaired) electrons. The zero-order valence-electron chi connectivity index (χ0n) is 10.6. The Labute approximate surface area is 115 Å². The molecule has 1 heterocycles. The Hall–Kier alpha value is -2.68. The molecule has 0 spiro atoms. The van der Waals surface area contributed by atoms with Gasteiger partial charge in [0.2, 0.25) is 5.88 Å². The van der Waals surface area contributed by atoms with Crippen molar-refractivity contribution in [1.82, 2.24) is 4.98 Å². The minimum absolute atomic E-state index is 0.00875. The van der Waals surface area contributed by atoms with Gasteiger partial charge in [-0.15, -0.1) is 0 Å². The summed E-state index contributed by atoms with van der Waals surface area (Å²) in [5.74, 6) is -0.0666. The van der Waals surface area contributed by atoms with E-state index >= 15 is 0 Å². The van der Waals surface area contributed by atoms with Gasteiger partial charge in [0.05, 0.1) is 11.1 Å². The molecule has 0 bridgehead atoms. The fraction of sp³-hybridized carbons (Fsp3) is 0.0588. The molecule has 0 fully saturated rings. The number of nitrogens with zero attached hydrogens (tertiary/aromatic N) is 1. The van der Waals surface area contributed by atoms with Gasteiger partial charge in [0.1, 0.15) is 0 Å². The lowest BCUT2D eigenvalue weighted by atomic mass is 9.84. The Kier molecular flexibility index (Phi) is 2.18. The first-order valence-electron chi connectivity index (χ1n) is 6.48. The van der Waals surface area contributed by atoms with Crippen LogP contribution in [0, 0.1) is 0 Å². The first-order chi connectivity index (χ1) is 9.74.